The Morgan fingerprint density at radius 3 is 2.45 bits per heavy atom. The average Bonchev–Trinajstić information content (AvgIpc) is 2.77. The first-order valence-corrected chi connectivity index (χ1v) is 11.4. The number of unbranched alkanes of at least 4 members (excludes halogenated alkanes) is 1. The van der Waals surface area contributed by atoms with Crippen LogP contribution in [0.1, 0.15) is 45.1 Å². The summed E-state index contributed by atoms with van der Waals surface area (Å²) in [6.07, 6.45) is 2.69. The molecule has 1 N–H and O–H groups in total. The normalized spacial score (nSPS) is 11.6. The molecule has 168 valence electrons. The first-order valence-electron chi connectivity index (χ1n) is 10.6. The SMILES string of the molecule is CCCCNC(=O)C(C)N(Cc1ccccc1Cl)C(=O)CCCOc1ccc(Cl)cc1. The molecule has 0 aliphatic carbocycles. The second-order valence-electron chi connectivity index (χ2n) is 7.34. The van der Waals surface area contributed by atoms with Crippen LogP contribution in [0.3, 0.4) is 0 Å². The predicted molar refractivity (Wildman–Crippen MR) is 126 cm³/mol. The highest BCUT2D eigenvalue weighted by molar-refractivity contribution is 6.31. The Bertz CT molecular complexity index is 843. The molecular weight excluding hydrogens is 435 g/mol. The van der Waals surface area contributed by atoms with Crippen LogP contribution >= 0.6 is 23.2 Å². The van der Waals surface area contributed by atoms with Crippen molar-refractivity contribution in [1.82, 2.24) is 10.2 Å². The van der Waals surface area contributed by atoms with E-state index in [1.54, 1.807) is 42.2 Å². The van der Waals surface area contributed by atoms with Gasteiger partial charge in [-0.25, -0.2) is 0 Å². The van der Waals surface area contributed by atoms with Gasteiger partial charge < -0.3 is 15.0 Å². The predicted octanol–water partition coefficient (Wildman–Crippen LogP) is 5.49. The van der Waals surface area contributed by atoms with Crippen molar-refractivity contribution in [2.75, 3.05) is 13.2 Å². The molecule has 0 aliphatic heterocycles. The van der Waals surface area contributed by atoms with Crippen LogP contribution in [0.5, 0.6) is 5.75 Å². The van der Waals surface area contributed by atoms with Crippen LogP contribution < -0.4 is 10.1 Å². The van der Waals surface area contributed by atoms with Gasteiger partial charge in [-0.2, -0.15) is 0 Å². The first-order chi connectivity index (χ1) is 14.9. The monoisotopic (exact) mass is 464 g/mol. The number of nitrogens with one attached hydrogen (secondary N) is 1. The molecule has 0 aromatic heterocycles. The van der Waals surface area contributed by atoms with Crippen molar-refractivity contribution in [2.45, 2.75) is 52.1 Å². The highest BCUT2D eigenvalue weighted by Crippen LogP contribution is 2.20. The number of carbonyl (C=O) groups is 2. The second kappa shape index (κ2) is 13.2. The largest absolute Gasteiger partial charge is 0.494 e. The minimum absolute atomic E-state index is 0.113. The summed E-state index contributed by atoms with van der Waals surface area (Å²) >= 11 is 12.2. The van der Waals surface area contributed by atoms with E-state index in [4.69, 9.17) is 27.9 Å². The average molecular weight is 465 g/mol. The first kappa shape index (κ1) is 25.0. The lowest BCUT2D eigenvalue weighted by Crippen LogP contribution is -2.47. The Hall–Kier alpha value is -2.24. The topological polar surface area (TPSA) is 58.6 Å². The molecule has 31 heavy (non-hydrogen) atoms. The summed E-state index contributed by atoms with van der Waals surface area (Å²) in [5, 5.41) is 4.13. The maximum absolute atomic E-state index is 13.0. The quantitative estimate of drug-likeness (QED) is 0.422. The molecule has 0 saturated heterocycles. The summed E-state index contributed by atoms with van der Waals surface area (Å²) in [5.41, 5.74) is 0.808. The van der Waals surface area contributed by atoms with Crippen LogP contribution in [0.15, 0.2) is 48.5 Å². The van der Waals surface area contributed by atoms with Gasteiger partial charge in [0.1, 0.15) is 11.8 Å². The molecule has 2 rings (SSSR count). The Balaban J connectivity index is 1.98. The van der Waals surface area contributed by atoms with E-state index in [0.29, 0.717) is 35.4 Å². The fraction of sp³-hybridized carbons (Fsp3) is 0.417. The Morgan fingerprint density at radius 2 is 1.77 bits per heavy atom. The van der Waals surface area contributed by atoms with Crippen LogP contribution in [-0.2, 0) is 16.1 Å². The maximum atomic E-state index is 13.0. The summed E-state index contributed by atoms with van der Waals surface area (Å²) in [7, 11) is 0. The molecule has 0 fully saturated rings. The van der Waals surface area contributed by atoms with Crippen LogP contribution in [0.4, 0.5) is 0 Å². The number of rotatable bonds is 12. The highest BCUT2D eigenvalue weighted by Gasteiger charge is 2.26. The summed E-state index contributed by atoms with van der Waals surface area (Å²) < 4.78 is 5.67. The third-order valence-corrected chi connectivity index (χ3v) is 5.53. The number of hydrogen-bond acceptors (Lipinski definition) is 3. The van der Waals surface area contributed by atoms with Gasteiger partial charge in [-0.05, 0) is 55.7 Å². The summed E-state index contributed by atoms with van der Waals surface area (Å²) in [4.78, 5) is 27.2. The fourth-order valence-electron chi connectivity index (χ4n) is 3.02. The highest BCUT2D eigenvalue weighted by atomic mass is 35.5. The molecule has 1 unspecified atom stereocenters. The Kier molecular flexibility index (Phi) is 10.7. The molecule has 5 nitrogen and oxygen atoms in total. The van der Waals surface area contributed by atoms with Gasteiger partial charge in [0.25, 0.3) is 0 Å². The zero-order valence-corrected chi connectivity index (χ0v) is 19.6. The van der Waals surface area contributed by atoms with E-state index in [2.05, 4.69) is 12.2 Å². The summed E-state index contributed by atoms with van der Waals surface area (Å²) in [5.74, 6) is 0.428. The standard InChI is InChI=1S/C24H30Cl2N2O3/c1-3-4-15-27-24(30)18(2)28(17-19-8-5-6-9-22(19)26)23(29)10-7-16-31-21-13-11-20(25)12-14-21/h5-6,8-9,11-14,18H,3-4,7,10,15-17H2,1-2H3,(H,27,30). The second-order valence-corrected chi connectivity index (χ2v) is 8.18. The smallest absolute Gasteiger partial charge is 0.242 e. The van der Waals surface area contributed by atoms with Gasteiger partial charge >= 0.3 is 0 Å². The lowest BCUT2D eigenvalue weighted by molar-refractivity contribution is -0.140. The summed E-state index contributed by atoms with van der Waals surface area (Å²) in [6, 6.07) is 13.9. The molecule has 0 spiro atoms. The molecule has 2 amide bonds. The molecule has 0 radical (unpaired) electrons. The van der Waals surface area contributed by atoms with E-state index >= 15 is 0 Å². The number of halogens is 2. The van der Waals surface area contributed by atoms with Crippen molar-refractivity contribution in [2.24, 2.45) is 0 Å². The number of benzene rings is 2. The van der Waals surface area contributed by atoms with E-state index in [9.17, 15) is 9.59 Å². The van der Waals surface area contributed by atoms with Crippen molar-refractivity contribution in [3.05, 3.63) is 64.1 Å². The third-order valence-electron chi connectivity index (χ3n) is 4.91. The number of amides is 2. The minimum atomic E-state index is -0.599. The molecular formula is C24H30Cl2N2O3. The molecule has 7 heteroatoms. The number of carbonyl (C=O) groups excluding carboxylic acids is 2. The molecule has 2 aromatic rings. The van der Waals surface area contributed by atoms with Gasteiger partial charge in [0.15, 0.2) is 0 Å². The zero-order chi connectivity index (χ0) is 22.6. The fourth-order valence-corrected chi connectivity index (χ4v) is 3.34. The van der Waals surface area contributed by atoms with E-state index in [1.807, 2.05) is 18.2 Å². The number of nitrogens with zero attached hydrogens (tertiary/aromatic N) is 1. The Labute approximate surface area is 194 Å². The molecule has 2 aromatic carbocycles. The van der Waals surface area contributed by atoms with Crippen LogP contribution in [0.2, 0.25) is 10.0 Å². The van der Waals surface area contributed by atoms with Gasteiger partial charge in [-0.1, -0.05) is 54.7 Å². The van der Waals surface area contributed by atoms with Gasteiger partial charge in [0.2, 0.25) is 11.8 Å². The molecule has 0 saturated carbocycles. The summed E-state index contributed by atoms with van der Waals surface area (Å²) in [6.45, 7) is 5.08. The lowest BCUT2D eigenvalue weighted by Gasteiger charge is -2.29. The zero-order valence-electron chi connectivity index (χ0n) is 18.1. The van der Waals surface area contributed by atoms with Crippen molar-refractivity contribution in [3.63, 3.8) is 0 Å². The van der Waals surface area contributed by atoms with Crippen molar-refractivity contribution >= 4 is 35.0 Å². The molecule has 1 atom stereocenters. The van der Waals surface area contributed by atoms with Crippen LogP contribution in [0, 0.1) is 0 Å². The van der Waals surface area contributed by atoms with Gasteiger partial charge in [0, 0.05) is 29.6 Å². The van der Waals surface area contributed by atoms with Crippen molar-refractivity contribution in [3.8, 4) is 5.75 Å². The Morgan fingerprint density at radius 1 is 1.06 bits per heavy atom. The van der Waals surface area contributed by atoms with Gasteiger partial charge in [0.05, 0.1) is 6.61 Å². The number of ether oxygens (including phenoxy) is 1. The van der Waals surface area contributed by atoms with E-state index in [-0.39, 0.29) is 24.8 Å². The minimum Gasteiger partial charge on any atom is -0.494 e. The molecule has 0 bridgehead atoms. The van der Waals surface area contributed by atoms with Gasteiger partial charge in [-0.3, -0.25) is 9.59 Å². The van der Waals surface area contributed by atoms with E-state index in [0.717, 1.165) is 18.4 Å². The van der Waals surface area contributed by atoms with Crippen LogP contribution in [0.25, 0.3) is 0 Å². The molecule has 0 aliphatic rings. The van der Waals surface area contributed by atoms with E-state index in [1.165, 1.54) is 0 Å². The maximum Gasteiger partial charge on any atom is 0.242 e. The molecule has 0 heterocycles. The number of hydrogen-bond donors (Lipinski definition) is 1. The third kappa shape index (κ3) is 8.42. The lowest BCUT2D eigenvalue weighted by atomic mass is 10.1. The van der Waals surface area contributed by atoms with E-state index < -0.39 is 6.04 Å². The van der Waals surface area contributed by atoms with Crippen molar-refractivity contribution < 1.29 is 14.3 Å². The van der Waals surface area contributed by atoms with Crippen molar-refractivity contribution in [1.29, 1.82) is 0 Å². The van der Waals surface area contributed by atoms with Crippen LogP contribution in [-0.4, -0.2) is 35.9 Å². The van der Waals surface area contributed by atoms with Gasteiger partial charge in [-0.15, -0.1) is 0 Å².